The number of aliphatic hydroxyl groups excluding tert-OH is 1. The highest BCUT2D eigenvalue weighted by Crippen LogP contribution is 2.06. The molecule has 0 saturated heterocycles. The van der Waals surface area contributed by atoms with E-state index in [4.69, 9.17) is 17.2 Å². The summed E-state index contributed by atoms with van der Waals surface area (Å²) < 4.78 is 0. The van der Waals surface area contributed by atoms with Gasteiger partial charge in [0.15, 0.2) is 0 Å². The van der Waals surface area contributed by atoms with Crippen molar-refractivity contribution in [1.29, 1.82) is 0 Å². The number of rotatable bonds is 17. The molecule has 0 aliphatic rings. The molecule has 0 fully saturated rings. The lowest BCUT2D eigenvalue weighted by atomic mass is 10.1. The van der Waals surface area contributed by atoms with Gasteiger partial charge in [-0.2, -0.15) is 12.6 Å². The van der Waals surface area contributed by atoms with E-state index in [9.17, 15) is 29.4 Å². The van der Waals surface area contributed by atoms with Gasteiger partial charge in [0, 0.05) is 5.75 Å². The second-order valence-electron chi connectivity index (χ2n) is 7.06. The topological polar surface area (TPSA) is 223 Å². The molecule has 0 saturated carbocycles. The average Bonchev–Trinajstić information content (AvgIpc) is 2.74. The largest absolute Gasteiger partial charge is 0.480 e. The van der Waals surface area contributed by atoms with Crippen LogP contribution in [0.2, 0.25) is 0 Å². The fourth-order valence-electron chi connectivity index (χ4n) is 2.61. The quantitative estimate of drug-likeness (QED) is 0.0790. The molecule has 0 bridgehead atoms. The van der Waals surface area contributed by atoms with Crippen molar-refractivity contribution in [2.75, 3.05) is 25.4 Å². The highest BCUT2D eigenvalue weighted by molar-refractivity contribution is 7.80. The van der Waals surface area contributed by atoms with Gasteiger partial charge in [0.05, 0.1) is 12.6 Å². The van der Waals surface area contributed by atoms with Crippen molar-refractivity contribution in [1.82, 2.24) is 16.0 Å². The van der Waals surface area contributed by atoms with Crippen LogP contribution in [-0.2, 0) is 19.2 Å². The van der Waals surface area contributed by atoms with Crippen LogP contribution < -0.4 is 33.2 Å². The van der Waals surface area contributed by atoms with Gasteiger partial charge in [-0.15, -0.1) is 0 Å². The standard InChI is InChI=1S/C18H36N6O6S/c19-7-3-1-5-12(16(27)23-13(18(29)30)6-2-4-8-20)22-17(28)14(9-25)24-15(26)11(21)10-31/h11-14,25,31H,1-10,19-21H2,(H,22,28)(H,23,27)(H,24,26)(H,29,30). The van der Waals surface area contributed by atoms with Crippen LogP contribution >= 0.6 is 12.6 Å². The third-order valence-electron chi connectivity index (χ3n) is 4.49. The summed E-state index contributed by atoms with van der Waals surface area (Å²) in [6.07, 6.45) is 2.62. The van der Waals surface area contributed by atoms with Crippen LogP contribution in [0.25, 0.3) is 0 Å². The SMILES string of the molecule is NCCCCC(NC(=O)C(CCCCN)NC(=O)C(CO)NC(=O)C(N)CS)C(=O)O. The van der Waals surface area contributed by atoms with Gasteiger partial charge < -0.3 is 43.4 Å². The lowest BCUT2D eigenvalue weighted by Gasteiger charge is -2.24. The third-order valence-corrected chi connectivity index (χ3v) is 4.88. The smallest absolute Gasteiger partial charge is 0.326 e. The molecule has 0 aromatic carbocycles. The lowest BCUT2D eigenvalue weighted by Crippen LogP contribution is -2.58. The van der Waals surface area contributed by atoms with Crippen LogP contribution in [-0.4, -0.2) is 83.5 Å². The number of amides is 3. The van der Waals surface area contributed by atoms with E-state index < -0.39 is 54.5 Å². The number of carbonyl (C=O) groups excluding carboxylic acids is 3. The Hall–Kier alpha value is -1.93. The maximum atomic E-state index is 12.7. The predicted molar refractivity (Wildman–Crippen MR) is 118 cm³/mol. The monoisotopic (exact) mass is 464 g/mol. The minimum atomic E-state index is -1.33. The van der Waals surface area contributed by atoms with Crippen LogP contribution in [0, 0.1) is 0 Å². The van der Waals surface area contributed by atoms with Crippen molar-refractivity contribution >= 4 is 36.3 Å². The molecule has 180 valence electrons. The fourth-order valence-corrected chi connectivity index (χ4v) is 2.78. The molecule has 31 heavy (non-hydrogen) atoms. The maximum absolute atomic E-state index is 12.7. The first kappa shape index (κ1) is 29.1. The van der Waals surface area contributed by atoms with Gasteiger partial charge in [-0.25, -0.2) is 4.79 Å². The van der Waals surface area contributed by atoms with E-state index in [1.807, 2.05) is 0 Å². The zero-order chi connectivity index (χ0) is 23.8. The number of hydrogen-bond acceptors (Lipinski definition) is 9. The molecule has 0 spiro atoms. The van der Waals surface area contributed by atoms with Crippen LogP contribution in [0.4, 0.5) is 0 Å². The highest BCUT2D eigenvalue weighted by atomic mass is 32.1. The molecule has 0 aromatic rings. The van der Waals surface area contributed by atoms with Crippen molar-refractivity contribution in [3.05, 3.63) is 0 Å². The zero-order valence-electron chi connectivity index (χ0n) is 17.6. The van der Waals surface area contributed by atoms with Crippen molar-refractivity contribution in [3.63, 3.8) is 0 Å². The van der Waals surface area contributed by atoms with Gasteiger partial charge >= 0.3 is 5.97 Å². The molecule has 11 N–H and O–H groups in total. The van der Waals surface area contributed by atoms with Crippen LogP contribution in [0.1, 0.15) is 38.5 Å². The van der Waals surface area contributed by atoms with E-state index in [0.717, 1.165) is 0 Å². The summed E-state index contributed by atoms with van der Waals surface area (Å²) in [5.41, 5.74) is 16.4. The number of thiol groups is 1. The molecule has 0 rings (SSSR count). The Kier molecular flexibility index (Phi) is 15.7. The summed E-state index contributed by atoms with van der Waals surface area (Å²) in [5, 5.41) is 26.0. The van der Waals surface area contributed by atoms with E-state index in [2.05, 4.69) is 28.6 Å². The Morgan fingerprint density at radius 1 is 0.774 bits per heavy atom. The van der Waals surface area contributed by atoms with Crippen LogP contribution in [0.5, 0.6) is 0 Å². The molecule has 0 aliphatic carbocycles. The molecular formula is C18H36N6O6S. The predicted octanol–water partition coefficient (Wildman–Crippen LogP) is -2.97. The normalized spacial score (nSPS) is 14.7. The number of carboxylic acid groups (broad SMARTS) is 1. The Labute approximate surface area is 187 Å². The molecule has 4 unspecified atom stereocenters. The van der Waals surface area contributed by atoms with Gasteiger partial charge in [0.25, 0.3) is 0 Å². The number of hydrogen-bond donors (Lipinski definition) is 9. The summed E-state index contributed by atoms with van der Waals surface area (Å²) in [6.45, 7) is 0.0735. The van der Waals surface area contributed by atoms with E-state index in [0.29, 0.717) is 38.8 Å². The number of aliphatic hydroxyl groups is 1. The fraction of sp³-hybridized carbons (Fsp3) is 0.778. The Morgan fingerprint density at radius 3 is 1.68 bits per heavy atom. The Morgan fingerprint density at radius 2 is 1.23 bits per heavy atom. The minimum absolute atomic E-state index is 0.0381. The number of aliphatic carboxylic acids is 1. The minimum Gasteiger partial charge on any atom is -0.480 e. The third kappa shape index (κ3) is 11.9. The maximum Gasteiger partial charge on any atom is 0.326 e. The number of carbonyl (C=O) groups is 4. The van der Waals surface area contributed by atoms with E-state index >= 15 is 0 Å². The first-order valence-electron chi connectivity index (χ1n) is 10.2. The van der Waals surface area contributed by atoms with Crippen molar-refractivity contribution in [2.24, 2.45) is 17.2 Å². The molecule has 0 radical (unpaired) electrons. The average molecular weight is 465 g/mol. The molecule has 12 nitrogen and oxygen atoms in total. The summed E-state index contributed by atoms with van der Waals surface area (Å²) in [5.74, 6) is -3.32. The van der Waals surface area contributed by atoms with Gasteiger partial charge in [-0.05, 0) is 51.6 Å². The summed E-state index contributed by atoms with van der Waals surface area (Å²) in [6, 6.07) is -4.50. The molecular weight excluding hydrogens is 428 g/mol. The number of nitrogens with one attached hydrogen (secondary N) is 3. The molecule has 0 aromatic heterocycles. The summed E-state index contributed by atoms with van der Waals surface area (Å²) in [4.78, 5) is 48.5. The molecule has 0 heterocycles. The van der Waals surface area contributed by atoms with E-state index in [-0.39, 0.29) is 18.6 Å². The van der Waals surface area contributed by atoms with E-state index in [1.54, 1.807) is 0 Å². The summed E-state index contributed by atoms with van der Waals surface area (Å²) >= 11 is 3.90. The van der Waals surface area contributed by atoms with E-state index in [1.165, 1.54) is 0 Å². The zero-order valence-corrected chi connectivity index (χ0v) is 18.5. The molecule has 4 atom stereocenters. The molecule has 0 aliphatic heterocycles. The van der Waals surface area contributed by atoms with Gasteiger partial charge in [-0.1, -0.05) is 0 Å². The van der Waals surface area contributed by atoms with Crippen LogP contribution in [0.3, 0.4) is 0 Å². The second kappa shape index (κ2) is 16.7. The van der Waals surface area contributed by atoms with Gasteiger partial charge in [0.2, 0.25) is 17.7 Å². The number of nitrogens with two attached hydrogens (primary N) is 3. The molecule has 3 amide bonds. The Bertz CT molecular complexity index is 582. The highest BCUT2D eigenvalue weighted by Gasteiger charge is 2.29. The number of unbranched alkanes of at least 4 members (excludes halogenated alkanes) is 2. The molecule has 13 heteroatoms. The number of carboxylic acids is 1. The van der Waals surface area contributed by atoms with Gasteiger partial charge in [-0.3, -0.25) is 14.4 Å². The first-order chi connectivity index (χ1) is 14.7. The van der Waals surface area contributed by atoms with Gasteiger partial charge in [0.1, 0.15) is 18.1 Å². The van der Waals surface area contributed by atoms with Crippen LogP contribution in [0.15, 0.2) is 0 Å². The second-order valence-corrected chi connectivity index (χ2v) is 7.43. The lowest BCUT2D eigenvalue weighted by molar-refractivity contribution is -0.142. The Balaban J connectivity index is 5.19. The summed E-state index contributed by atoms with van der Waals surface area (Å²) in [7, 11) is 0. The van der Waals surface area contributed by atoms with Crippen molar-refractivity contribution in [3.8, 4) is 0 Å². The van der Waals surface area contributed by atoms with Crippen molar-refractivity contribution in [2.45, 2.75) is 62.7 Å². The first-order valence-corrected chi connectivity index (χ1v) is 10.9. The van der Waals surface area contributed by atoms with Crippen molar-refractivity contribution < 1.29 is 29.4 Å².